The van der Waals surface area contributed by atoms with Crippen molar-refractivity contribution in [3.63, 3.8) is 0 Å². The first-order chi connectivity index (χ1) is 7.84. The van der Waals surface area contributed by atoms with Gasteiger partial charge in [0.1, 0.15) is 18.2 Å². The summed E-state index contributed by atoms with van der Waals surface area (Å²) < 4.78 is 24.8. The van der Waals surface area contributed by atoms with Gasteiger partial charge in [-0.2, -0.15) is 0 Å². The van der Waals surface area contributed by atoms with Crippen molar-refractivity contribution in [1.82, 2.24) is 9.44 Å². The lowest BCUT2D eigenvalue weighted by Crippen LogP contribution is -2.36. The van der Waals surface area contributed by atoms with Gasteiger partial charge in [0.05, 0.1) is 12.1 Å². The number of fused-ring (bicyclic) bond motifs is 3. The van der Waals surface area contributed by atoms with E-state index < -0.39 is 0 Å². The molecule has 16 heavy (non-hydrogen) atoms. The molecule has 2 heterocycles. The lowest BCUT2D eigenvalue weighted by Gasteiger charge is -2.27. The Morgan fingerprint density at radius 3 is 3.00 bits per heavy atom. The third kappa shape index (κ3) is 2.03. The van der Waals surface area contributed by atoms with Crippen LogP contribution in [0.25, 0.3) is 0 Å². The molecule has 2 unspecified atom stereocenters. The summed E-state index contributed by atoms with van der Waals surface area (Å²) in [5.41, 5.74) is 1.03. The van der Waals surface area contributed by atoms with Crippen LogP contribution in [0.15, 0.2) is 18.2 Å². The Morgan fingerprint density at radius 2 is 2.19 bits per heavy atom. The van der Waals surface area contributed by atoms with Crippen molar-refractivity contribution in [2.24, 2.45) is 0 Å². The minimum absolute atomic E-state index is 0.226. The molecule has 2 aliphatic rings. The van der Waals surface area contributed by atoms with Crippen LogP contribution >= 0.6 is 12.1 Å². The molecule has 0 aromatic heterocycles. The predicted octanol–water partition coefficient (Wildman–Crippen LogP) is 2.41. The van der Waals surface area contributed by atoms with Gasteiger partial charge in [0, 0.05) is 23.8 Å². The fourth-order valence-corrected chi connectivity index (χ4v) is 2.65. The Kier molecular flexibility index (Phi) is 3.68. The average molecular weight is 242 g/mol. The van der Waals surface area contributed by atoms with Gasteiger partial charge in [-0.15, -0.1) is 0 Å². The molecule has 3 rings (SSSR count). The van der Waals surface area contributed by atoms with Crippen LogP contribution in [0.4, 0.5) is 4.39 Å². The Balaban J connectivity index is 0.000000457. The van der Waals surface area contributed by atoms with Crippen LogP contribution in [0.1, 0.15) is 25.5 Å². The molecule has 1 aromatic rings. The molecule has 0 spiro atoms. The summed E-state index contributed by atoms with van der Waals surface area (Å²) in [6, 6.07) is 5.19. The molecule has 0 radical (unpaired) electrons. The zero-order valence-corrected chi connectivity index (χ0v) is 10.1. The van der Waals surface area contributed by atoms with Crippen molar-refractivity contribution in [3.8, 4) is 5.75 Å². The van der Waals surface area contributed by atoms with E-state index >= 15 is 0 Å². The van der Waals surface area contributed by atoms with Crippen LogP contribution in [0.2, 0.25) is 0 Å². The Labute approximate surface area is 99.0 Å². The number of halogens is 1. The van der Waals surface area contributed by atoms with Crippen molar-refractivity contribution >= 4 is 12.1 Å². The third-order valence-electron chi connectivity index (χ3n) is 2.53. The summed E-state index contributed by atoms with van der Waals surface area (Å²) in [6.45, 7) is 4.58. The molecule has 0 amide bonds. The molecule has 1 fully saturated rings. The largest absolute Gasteiger partial charge is 0.491 e. The van der Waals surface area contributed by atoms with Crippen LogP contribution in [0.3, 0.4) is 0 Å². The molecule has 2 atom stereocenters. The summed E-state index contributed by atoms with van der Waals surface area (Å²) in [4.78, 5) is 0. The maximum atomic E-state index is 12.9. The van der Waals surface area contributed by atoms with Gasteiger partial charge in [-0.1, -0.05) is 19.9 Å². The first-order valence-electron chi connectivity index (χ1n) is 5.44. The van der Waals surface area contributed by atoms with Gasteiger partial charge < -0.3 is 4.74 Å². The maximum absolute atomic E-state index is 12.9. The number of hydrogen-bond donors (Lipinski definition) is 2. The van der Waals surface area contributed by atoms with E-state index in [4.69, 9.17) is 4.74 Å². The summed E-state index contributed by atoms with van der Waals surface area (Å²) in [5, 5.41) is 0. The first-order valence-corrected chi connectivity index (χ1v) is 6.25. The van der Waals surface area contributed by atoms with Crippen molar-refractivity contribution in [2.45, 2.75) is 25.9 Å². The number of hydrogen-bond acceptors (Lipinski definition) is 4. The normalized spacial score (nSPS) is 25.9. The van der Waals surface area contributed by atoms with Gasteiger partial charge in [-0.3, -0.25) is 0 Å². The van der Waals surface area contributed by atoms with E-state index in [1.807, 2.05) is 13.8 Å². The Bertz CT molecular complexity index is 375. The van der Waals surface area contributed by atoms with Crippen molar-refractivity contribution in [2.75, 3.05) is 6.61 Å². The van der Waals surface area contributed by atoms with Crippen molar-refractivity contribution < 1.29 is 9.13 Å². The zero-order valence-electron chi connectivity index (χ0n) is 9.29. The fourth-order valence-electron chi connectivity index (χ4n) is 1.80. The average Bonchev–Trinajstić information content (AvgIpc) is 2.79. The lowest BCUT2D eigenvalue weighted by atomic mass is 9.98. The molecular formula is C11H15FN2OS. The van der Waals surface area contributed by atoms with E-state index in [2.05, 4.69) is 9.44 Å². The highest BCUT2D eigenvalue weighted by Crippen LogP contribution is 2.36. The van der Waals surface area contributed by atoms with Gasteiger partial charge in [0.25, 0.3) is 0 Å². The quantitative estimate of drug-likeness (QED) is 0.684. The second-order valence-electron chi connectivity index (χ2n) is 3.42. The van der Waals surface area contributed by atoms with E-state index in [-0.39, 0.29) is 17.9 Å². The molecule has 2 N–H and O–H groups in total. The Morgan fingerprint density at radius 1 is 1.38 bits per heavy atom. The molecule has 1 aromatic carbocycles. The molecule has 2 aliphatic heterocycles. The van der Waals surface area contributed by atoms with Gasteiger partial charge in [0.15, 0.2) is 0 Å². The number of benzene rings is 1. The highest BCUT2D eigenvalue weighted by molar-refractivity contribution is 7.95. The van der Waals surface area contributed by atoms with Crippen LogP contribution in [-0.4, -0.2) is 12.6 Å². The van der Waals surface area contributed by atoms with Gasteiger partial charge in [-0.05, 0) is 6.07 Å². The zero-order chi connectivity index (χ0) is 11.5. The lowest BCUT2D eigenvalue weighted by molar-refractivity contribution is 0.235. The fraction of sp³-hybridized carbons (Fsp3) is 0.455. The van der Waals surface area contributed by atoms with E-state index in [0.717, 1.165) is 5.56 Å². The van der Waals surface area contributed by atoms with E-state index in [0.29, 0.717) is 12.4 Å². The minimum Gasteiger partial charge on any atom is -0.491 e. The number of rotatable bonds is 0. The monoisotopic (exact) mass is 242 g/mol. The molecule has 0 aliphatic carbocycles. The summed E-state index contributed by atoms with van der Waals surface area (Å²) in [6.07, 6.45) is 0. The van der Waals surface area contributed by atoms with Gasteiger partial charge >= 0.3 is 0 Å². The standard InChI is InChI=1S/C9H9FN2OS.C2H6/c10-5-1-2-6-8(3-5)13-4-7-9(6)12-14-11-7;1-2/h1-3,7,9,11-12H,4H2;1-2H3. The minimum atomic E-state index is -0.249. The van der Waals surface area contributed by atoms with E-state index in [1.165, 1.54) is 24.3 Å². The summed E-state index contributed by atoms with van der Waals surface area (Å²) >= 11 is 1.47. The van der Waals surface area contributed by atoms with Crippen molar-refractivity contribution in [3.05, 3.63) is 29.6 Å². The number of ether oxygens (including phenoxy) is 1. The van der Waals surface area contributed by atoms with Crippen LogP contribution in [-0.2, 0) is 0 Å². The molecule has 3 nitrogen and oxygen atoms in total. The molecule has 88 valence electrons. The second kappa shape index (κ2) is 5.03. The summed E-state index contributed by atoms with van der Waals surface area (Å²) in [7, 11) is 0. The molecule has 0 saturated carbocycles. The molecule has 5 heteroatoms. The topological polar surface area (TPSA) is 33.3 Å². The van der Waals surface area contributed by atoms with Crippen molar-refractivity contribution in [1.29, 1.82) is 0 Å². The molecule has 1 saturated heterocycles. The summed E-state index contributed by atoms with van der Waals surface area (Å²) in [5.74, 6) is 0.406. The third-order valence-corrected chi connectivity index (χ3v) is 3.32. The maximum Gasteiger partial charge on any atom is 0.127 e. The number of nitrogens with one attached hydrogen (secondary N) is 2. The highest BCUT2D eigenvalue weighted by atomic mass is 32.2. The van der Waals surface area contributed by atoms with Crippen LogP contribution < -0.4 is 14.2 Å². The van der Waals surface area contributed by atoms with E-state index in [9.17, 15) is 4.39 Å². The smallest absolute Gasteiger partial charge is 0.127 e. The Hall–Kier alpha value is -0.780. The molecular weight excluding hydrogens is 227 g/mol. The van der Waals surface area contributed by atoms with Gasteiger partial charge in [0.2, 0.25) is 0 Å². The van der Waals surface area contributed by atoms with Crippen LogP contribution in [0.5, 0.6) is 5.75 Å². The highest BCUT2D eigenvalue weighted by Gasteiger charge is 2.35. The van der Waals surface area contributed by atoms with Crippen LogP contribution in [0, 0.1) is 5.82 Å². The second-order valence-corrected chi connectivity index (χ2v) is 4.09. The molecule has 0 bridgehead atoms. The first kappa shape index (κ1) is 11.7. The predicted molar refractivity (Wildman–Crippen MR) is 63.6 cm³/mol. The SMILES string of the molecule is CC.Fc1ccc2c(c1)OCC1NSNC21. The van der Waals surface area contributed by atoms with Gasteiger partial charge in [-0.25, -0.2) is 13.8 Å². The van der Waals surface area contributed by atoms with E-state index in [1.54, 1.807) is 6.07 Å².